The van der Waals surface area contributed by atoms with E-state index in [1.54, 1.807) is 11.3 Å². The number of hydrogen-bond acceptors (Lipinski definition) is 4. The van der Waals surface area contributed by atoms with Crippen molar-refractivity contribution in [3.05, 3.63) is 19.2 Å². The maximum absolute atomic E-state index is 5.95. The van der Waals surface area contributed by atoms with E-state index in [-0.39, 0.29) is 0 Å². The molecule has 3 nitrogen and oxygen atoms in total. The van der Waals surface area contributed by atoms with Gasteiger partial charge in [0, 0.05) is 28.5 Å². The molecule has 2 unspecified atom stereocenters. The van der Waals surface area contributed by atoms with E-state index in [1.165, 1.54) is 4.88 Å². The van der Waals surface area contributed by atoms with Crippen molar-refractivity contribution in [2.45, 2.75) is 19.0 Å². The molecule has 0 spiro atoms. The summed E-state index contributed by atoms with van der Waals surface area (Å²) in [4.78, 5) is 3.74. The Bertz CT molecular complexity index is 366. The van der Waals surface area contributed by atoms with E-state index in [1.807, 2.05) is 0 Å². The molecule has 17 heavy (non-hydrogen) atoms. The second-order valence-corrected chi connectivity index (χ2v) is 7.44. The first-order valence-corrected chi connectivity index (χ1v) is 8.02. The van der Waals surface area contributed by atoms with E-state index in [9.17, 15) is 0 Å². The largest absolute Gasteiger partial charge is 0.379 e. The van der Waals surface area contributed by atoms with Crippen LogP contribution < -0.4 is 5.73 Å². The van der Waals surface area contributed by atoms with Gasteiger partial charge in [-0.2, -0.15) is 0 Å². The molecule has 2 heterocycles. The predicted octanol–water partition coefficient (Wildman–Crippen LogP) is 2.99. The number of rotatable bonds is 3. The Morgan fingerprint density at radius 2 is 2.41 bits per heavy atom. The Morgan fingerprint density at radius 1 is 1.65 bits per heavy atom. The summed E-state index contributed by atoms with van der Waals surface area (Å²) >= 11 is 8.82. The Morgan fingerprint density at radius 3 is 2.94 bits per heavy atom. The molecular formula is C11H16Br2N2OS. The van der Waals surface area contributed by atoms with E-state index >= 15 is 0 Å². The highest BCUT2D eigenvalue weighted by molar-refractivity contribution is 9.13. The molecule has 2 N–H and O–H groups in total. The predicted molar refractivity (Wildman–Crippen MR) is 78.5 cm³/mol. The number of halogens is 2. The Kier molecular flexibility index (Phi) is 5.03. The smallest absolute Gasteiger partial charge is 0.0843 e. The second-order valence-electron chi connectivity index (χ2n) is 4.18. The average molecular weight is 384 g/mol. The van der Waals surface area contributed by atoms with E-state index in [4.69, 9.17) is 10.5 Å². The summed E-state index contributed by atoms with van der Waals surface area (Å²) < 4.78 is 7.71. The van der Waals surface area contributed by atoms with Crippen molar-refractivity contribution in [2.75, 3.05) is 26.3 Å². The summed E-state index contributed by atoms with van der Waals surface area (Å²) in [6.07, 6.45) is 0. The number of nitrogens with two attached hydrogens (primary N) is 1. The fourth-order valence-electron chi connectivity index (χ4n) is 2.15. The molecule has 1 aromatic heterocycles. The van der Waals surface area contributed by atoms with E-state index in [0.717, 1.165) is 28.0 Å². The lowest BCUT2D eigenvalue weighted by molar-refractivity contribution is -0.0202. The van der Waals surface area contributed by atoms with Crippen molar-refractivity contribution in [1.82, 2.24) is 4.90 Å². The van der Waals surface area contributed by atoms with Gasteiger partial charge in [-0.3, -0.25) is 4.90 Å². The molecule has 1 aromatic rings. The van der Waals surface area contributed by atoms with Gasteiger partial charge in [0.2, 0.25) is 0 Å². The van der Waals surface area contributed by atoms with Gasteiger partial charge in [0.1, 0.15) is 0 Å². The van der Waals surface area contributed by atoms with Crippen LogP contribution >= 0.6 is 43.2 Å². The Balaban J connectivity index is 2.20. The highest BCUT2D eigenvalue weighted by Crippen LogP contribution is 2.37. The van der Waals surface area contributed by atoms with Gasteiger partial charge >= 0.3 is 0 Å². The van der Waals surface area contributed by atoms with Crippen LogP contribution in [0.5, 0.6) is 0 Å². The van der Waals surface area contributed by atoms with Gasteiger partial charge in [-0.1, -0.05) is 0 Å². The van der Waals surface area contributed by atoms with Gasteiger partial charge in [0.15, 0.2) is 0 Å². The van der Waals surface area contributed by atoms with Crippen molar-refractivity contribution in [1.29, 1.82) is 0 Å². The first-order chi connectivity index (χ1) is 8.13. The molecule has 1 saturated heterocycles. The summed E-state index contributed by atoms with van der Waals surface area (Å²) in [6, 6.07) is 2.88. The zero-order valence-electron chi connectivity index (χ0n) is 9.66. The van der Waals surface area contributed by atoms with Crippen molar-refractivity contribution in [3.63, 3.8) is 0 Å². The monoisotopic (exact) mass is 382 g/mol. The molecule has 0 radical (unpaired) electrons. The van der Waals surface area contributed by atoms with E-state index in [2.05, 4.69) is 49.7 Å². The Labute approximate surface area is 123 Å². The standard InChI is InChI=1S/C11H16Br2N2OS/c1-7-6-16-3-2-15(7)9(5-14)10-4-8(12)11(13)17-10/h4,7,9H,2-3,5-6,14H2,1H3. The molecule has 96 valence electrons. The van der Waals surface area contributed by atoms with Crippen LogP contribution in [0.2, 0.25) is 0 Å². The molecule has 0 bridgehead atoms. The van der Waals surface area contributed by atoms with Gasteiger partial charge in [-0.25, -0.2) is 0 Å². The number of thiophene rings is 1. The first kappa shape index (κ1) is 14.0. The molecule has 0 aliphatic carbocycles. The van der Waals surface area contributed by atoms with Gasteiger partial charge in [-0.15, -0.1) is 11.3 Å². The molecule has 6 heteroatoms. The van der Waals surface area contributed by atoms with Crippen LogP contribution in [-0.4, -0.2) is 37.2 Å². The third kappa shape index (κ3) is 3.11. The van der Waals surface area contributed by atoms with Crippen LogP contribution in [0.1, 0.15) is 17.8 Å². The lowest BCUT2D eigenvalue weighted by Crippen LogP contribution is -2.47. The summed E-state index contributed by atoms with van der Waals surface area (Å²) in [5, 5.41) is 0. The van der Waals surface area contributed by atoms with Gasteiger partial charge in [0.25, 0.3) is 0 Å². The summed E-state index contributed by atoms with van der Waals surface area (Å²) in [5.74, 6) is 0. The highest BCUT2D eigenvalue weighted by atomic mass is 79.9. The molecule has 2 atom stereocenters. The lowest BCUT2D eigenvalue weighted by Gasteiger charge is -2.38. The minimum absolute atomic E-state index is 0.293. The minimum atomic E-state index is 0.293. The molecule has 1 fully saturated rings. The van der Waals surface area contributed by atoms with Crippen LogP contribution in [-0.2, 0) is 4.74 Å². The van der Waals surface area contributed by atoms with Crippen LogP contribution in [0.3, 0.4) is 0 Å². The molecule has 1 aliphatic rings. The second kappa shape index (κ2) is 6.12. The van der Waals surface area contributed by atoms with Crippen LogP contribution in [0, 0.1) is 0 Å². The van der Waals surface area contributed by atoms with Crippen LogP contribution in [0.4, 0.5) is 0 Å². The first-order valence-electron chi connectivity index (χ1n) is 5.61. The van der Waals surface area contributed by atoms with E-state index in [0.29, 0.717) is 18.6 Å². The third-order valence-corrected chi connectivity index (χ3v) is 6.39. The van der Waals surface area contributed by atoms with Crippen molar-refractivity contribution >= 4 is 43.2 Å². The topological polar surface area (TPSA) is 38.5 Å². The SMILES string of the molecule is CC1COCCN1C(CN)c1cc(Br)c(Br)s1. The number of morpholine rings is 1. The maximum atomic E-state index is 5.95. The van der Waals surface area contributed by atoms with Gasteiger partial charge in [0.05, 0.1) is 23.0 Å². The normalized spacial score (nSPS) is 23.9. The zero-order valence-corrected chi connectivity index (χ0v) is 13.6. The van der Waals surface area contributed by atoms with Crippen molar-refractivity contribution < 1.29 is 4.74 Å². The van der Waals surface area contributed by atoms with Crippen LogP contribution in [0.15, 0.2) is 14.3 Å². The summed E-state index contributed by atoms with van der Waals surface area (Å²) in [6.45, 7) is 5.39. The fourth-order valence-corrected chi connectivity index (χ4v) is 4.37. The van der Waals surface area contributed by atoms with E-state index < -0.39 is 0 Å². The lowest BCUT2D eigenvalue weighted by atomic mass is 10.1. The molecule has 0 saturated carbocycles. The number of hydrogen-bond donors (Lipinski definition) is 1. The van der Waals surface area contributed by atoms with Crippen LogP contribution in [0.25, 0.3) is 0 Å². The van der Waals surface area contributed by atoms with Gasteiger partial charge < -0.3 is 10.5 Å². The molecule has 0 aromatic carbocycles. The number of ether oxygens (including phenoxy) is 1. The average Bonchev–Trinajstić information content (AvgIpc) is 2.63. The molecule has 0 amide bonds. The third-order valence-electron chi connectivity index (χ3n) is 3.04. The molecule has 1 aliphatic heterocycles. The van der Waals surface area contributed by atoms with Gasteiger partial charge in [-0.05, 0) is 44.8 Å². The summed E-state index contributed by atoms with van der Waals surface area (Å²) in [7, 11) is 0. The number of nitrogens with zero attached hydrogens (tertiary/aromatic N) is 1. The highest BCUT2D eigenvalue weighted by Gasteiger charge is 2.28. The van der Waals surface area contributed by atoms with Crippen molar-refractivity contribution in [2.24, 2.45) is 5.73 Å². The van der Waals surface area contributed by atoms with Crippen molar-refractivity contribution in [3.8, 4) is 0 Å². The zero-order chi connectivity index (χ0) is 12.4. The fraction of sp³-hybridized carbons (Fsp3) is 0.636. The molecular weight excluding hydrogens is 368 g/mol. The quantitative estimate of drug-likeness (QED) is 0.871. The minimum Gasteiger partial charge on any atom is -0.379 e. The Hall–Kier alpha value is 0.540. The maximum Gasteiger partial charge on any atom is 0.0843 e. The summed E-state index contributed by atoms with van der Waals surface area (Å²) in [5.41, 5.74) is 5.95. The molecule has 2 rings (SSSR count).